The van der Waals surface area contributed by atoms with Crippen molar-refractivity contribution < 1.29 is 9.00 Å². The Bertz CT molecular complexity index is 753. The standard InChI is InChI=1S/C20H24N2O2S/c1-2-25(24)19-9-5-4-8-18(19)20(23)21-16-10-12-17(13-11-16)22-14-6-3-7-15-22/h4-5,8-13H,2-3,6-7,14-15H2,1H3,(H,21,23)/t25-/m0/s1. The molecule has 1 amide bonds. The summed E-state index contributed by atoms with van der Waals surface area (Å²) in [5.74, 6) is 0.276. The Labute approximate surface area is 151 Å². The van der Waals surface area contributed by atoms with Crippen molar-refractivity contribution in [3.8, 4) is 0 Å². The first-order valence-electron chi connectivity index (χ1n) is 8.83. The summed E-state index contributed by atoms with van der Waals surface area (Å²) in [6.07, 6.45) is 3.79. The van der Waals surface area contributed by atoms with Gasteiger partial charge >= 0.3 is 0 Å². The summed E-state index contributed by atoms with van der Waals surface area (Å²) in [4.78, 5) is 15.6. The highest BCUT2D eigenvalue weighted by atomic mass is 32.2. The summed E-state index contributed by atoms with van der Waals surface area (Å²) in [5.41, 5.74) is 2.43. The van der Waals surface area contributed by atoms with Crippen LogP contribution >= 0.6 is 0 Å². The normalized spacial score (nSPS) is 15.6. The molecule has 0 aromatic heterocycles. The predicted molar refractivity (Wildman–Crippen MR) is 104 cm³/mol. The smallest absolute Gasteiger partial charge is 0.256 e. The molecular weight excluding hydrogens is 332 g/mol. The van der Waals surface area contributed by atoms with E-state index in [0.29, 0.717) is 16.2 Å². The second kappa shape index (κ2) is 8.30. The van der Waals surface area contributed by atoms with Crippen molar-refractivity contribution in [2.24, 2.45) is 0 Å². The van der Waals surface area contributed by atoms with Crippen molar-refractivity contribution in [2.45, 2.75) is 31.1 Å². The third-order valence-corrected chi connectivity index (χ3v) is 5.86. The summed E-state index contributed by atoms with van der Waals surface area (Å²) in [6.45, 7) is 4.05. The average Bonchev–Trinajstić information content (AvgIpc) is 2.68. The third kappa shape index (κ3) is 4.28. The number of anilines is 2. The first-order chi connectivity index (χ1) is 12.2. The van der Waals surface area contributed by atoms with E-state index in [9.17, 15) is 9.00 Å². The van der Waals surface area contributed by atoms with Crippen LogP contribution in [0.5, 0.6) is 0 Å². The monoisotopic (exact) mass is 356 g/mol. The van der Waals surface area contributed by atoms with E-state index in [1.54, 1.807) is 18.2 Å². The zero-order chi connectivity index (χ0) is 17.6. The van der Waals surface area contributed by atoms with Gasteiger partial charge in [0.05, 0.1) is 21.3 Å². The van der Waals surface area contributed by atoms with Gasteiger partial charge in [0.1, 0.15) is 0 Å². The van der Waals surface area contributed by atoms with Gasteiger partial charge in [-0.1, -0.05) is 19.1 Å². The van der Waals surface area contributed by atoms with E-state index >= 15 is 0 Å². The molecule has 0 saturated carbocycles. The van der Waals surface area contributed by atoms with Gasteiger partial charge in [-0.25, -0.2) is 0 Å². The SMILES string of the molecule is CC[S@](=O)c1ccccc1C(=O)Nc1ccc(N2CCCCC2)cc1. The fraction of sp³-hybridized carbons (Fsp3) is 0.350. The molecule has 4 nitrogen and oxygen atoms in total. The average molecular weight is 356 g/mol. The molecule has 1 fully saturated rings. The van der Waals surface area contributed by atoms with Crippen molar-refractivity contribution in [1.29, 1.82) is 0 Å². The van der Waals surface area contributed by atoms with Gasteiger partial charge in [-0.15, -0.1) is 0 Å². The molecular formula is C20H24N2O2S. The van der Waals surface area contributed by atoms with Gasteiger partial charge < -0.3 is 10.2 Å². The highest BCUT2D eigenvalue weighted by molar-refractivity contribution is 7.85. The first kappa shape index (κ1) is 17.7. The zero-order valence-corrected chi connectivity index (χ0v) is 15.3. The quantitative estimate of drug-likeness (QED) is 0.879. The van der Waals surface area contributed by atoms with Crippen LogP contribution in [0.15, 0.2) is 53.4 Å². The molecule has 0 aliphatic carbocycles. The number of amides is 1. The van der Waals surface area contributed by atoms with Crippen molar-refractivity contribution in [3.05, 3.63) is 54.1 Å². The zero-order valence-electron chi connectivity index (χ0n) is 14.5. The number of carbonyl (C=O) groups is 1. The number of rotatable bonds is 5. The second-order valence-electron chi connectivity index (χ2n) is 6.18. The van der Waals surface area contributed by atoms with Crippen LogP contribution in [0.4, 0.5) is 11.4 Å². The molecule has 0 radical (unpaired) electrons. The number of hydrogen-bond donors (Lipinski definition) is 1. The van der Waals surface area contributed by atoms with Gasteiger partial charge in [0.25, 0.3) is 5.91 Å². The topological polar surface area (TPSA) is 49.4 Å². The molecule has 3 rings (SSSR count). The summed E-state index contributed by atoms with van der Waals surface area (Å²) >= 11 is 0. The van der Waals surface area contributed by atoms with Crippen LogP contribution in [0.1, 0.15) is 36.5 Å². The van der Waals surface area contributed by atoms with Crippen LogP contribution in [0.25, 0.3) is 0 Å². The molecule has 1 saturated heterocycles. The van der Waals surface area contributed by atoms with E-state index in [1.165, 1.54) is 24.9 Å². The lowest BCUT2D eigenvalue weighted by Crippen LogP contribution is -2.29. The molecule has 1 heterocycles. The summed E-state index contributed by atoms with van der Waals surface area (Å²) < 4.78 is 12.1. The van der Waals surface area contributed by atoms with Crippen LogP contribution in [0.3, 0.4) is 0 Å². The number of piperidine rings is 1. The maximum Gasteiger partial charge on any atom is 0.256 e. The fourth-order valence-electron chi connectivity index (χ4n) is 3.11. The van der Waals surface area contributed by atoms with Crippen molar-refractivity contribution in [2.75, 3.05) is 29.1 Å². The Morgan fingerprint density at radius 1 is 1.04 bits per heavy atom. The maximum absolute atomic E-state index is 12.6. The molecule has 1 aliphatic rings. The van der Waals surface area contributed by atoms with E-state index < -0.39 is 10.8 Å². The highest BCUT2D eigenvalue weighted by Crippen LogP contribution is 2.22. The highest BCUT2D eigenvalue weighted by Gasteiger charge is 2.15. The lowest BCUT2D eigenvalue weighted by atomic mass is 10.1. The predicted octanol–water partition coefficient (Wildman–Crippen LogP) is 4.06. The van der Waals surface area contributed by atoms with Gasteiger partial charge in [0, 0.05) is 30.2 Å². The van der Waals surface area contributed by atoms with E-state index in [0.717, 1.165) is 18.8 Å². The Hall–Kier alpha value is -2.14. The van der Waals surface area contributed by atoms with Crippen LogP contribution in [-0.2, 0) is 10.8 Å². The lowest BCUT2D eigenvalue weighted by molar-refractivity contribution is 0.102. The Balaban J connectivity index is 1.72. The van der Waals surface area contributed by atoms with Crippen molar-refractivity contribution in [1.82, 2.24) is 0 Å². The minimum atomic E-state index is -1.16. The number of carbonyl (C=O) groups excluding carboxylic acids is 1. The van der Waals surface area contributed by atoms with Crippen molar-refractivity contribution >= 4 is 28.1 Å². The molecule has 1 N–H and O–H groups in total. The largest absolute Gasteiger partial charge is 0.372 e. The Morgan fingerprint density at radius 3 is 2.40 bits per heavy atom. The summed E-state index contributed by atoms with van der Waals surface area (Å²) in [6, 6.07) is 15.1. The van der Waals surface area contributed by atoms with Gasteiger partial charge in [-0.2, -0.15) is 0 Å². The number of nitrogens with one attached hydrogen (secondary N) is 1. The molecule has 1 atom stereocenters. The first-order valence-corrected chi connectivity index (χ1v) is 10.1. The van der Waals surface area contributed by atoms with E-state index in [-0.39, 0.29) is 5.91 Å². The minimum absolute atomic E-state index is 0.219. The van der Waals surface area contributed by atoms with Gasteiger partial charge in [-0.05, 0) is 55.7 Å². The molecule has 25 heavy (non-hydrogen) atoms. The Morgan fingerprint density at radius 2 is 1.72 bits per heavy atom. The van der Waals surface area contributed by atoms with E-state index in [4.69, 9.17) is 0 Å². The second-order valence-corrected chi connectivity index (χ2v) is 7.89. The number of nitrogens with zero attached hydrogens (tertiary/aromatic N) is 1. The van der Waals surface area contributed by atoms with Crippen LogP contribution in [0.2, 0.25) is 0 Å². The molecule has 0 bridgehead atoms. The third-order valence-electron chi connectivity index (χ3n) is 4.49. The van der Waals surface area contributed by atoms with E-state index in [2.05, 4.69) is 22.3 Å². The maximum atomic E-state index is 12.6. The minimum Gasteiger partial charge on any atom is -0.372 e. The summed E-state index contributed by atoms with van der Waals surface area (Å²) in [7, 11) is -1.16. The van der Waals surface area contributed by atoms with Gasteiger partial charge in [0.2, 0.25) is 0 Å². The van der Waals surface area contributed by atoms with Gasteiger partial charge in [0.15, 0.2) is 0 Å². The fourth-order valence-corrected chi connectivity index (χ4v) is 4.06. The van der Waals surface area contributed by atoms with Gasteiger partial charge in [-0.3, -0.25) is 9.00 Å². The number of benzene rings is 2. The number of hydrogen-bond acceptors (Lipinski definition) is 3. The van der Waals surface area contributed by atoms with E-state index in [1.807, 2.05) is 25.1 Å². The van der Waals surface area contributed by atoms with Crippen LogP contribution in [-0.4, -0.2) is 29.0 Å². The molecule has 1 aliphatic heterocycles. The molecule has 2 aromatic rings. The van der Waals surface area contributed by atoms with Crippen LogP contribution in [0, 0.1) is 0 Å². The molecule has 0 unspecified atom stereocenters. The summed E-state index contributed by atoms with van der Waals surface area (Å²) in [5, 5.41) is 2.92. The molecule has 2 aromatic carbocycles. The lowest BCUT2D eigenvalue weighted by Gasteiger charge is -2.28. The molecule has 0 spiro atoms. The van der Waals surface area contributed by atoms with Crippen LogP contribution < -0.4 is 10.2 Å². The Kier molecular flexibility index (Phi) is 5.87. The molecule has 5 heteroatoms. The molecule has 132 valence electrons. The van der Waals surface area contributed by atoms with Crippen molar-refractivity contribution in [3.63, 3.8) is 0 Å².